The summed E-state index contributed by atoms with van der Waals surface area (Å²) >= 11 is 0. The standard InChI is InChI=1S/C12H24N2O2/c1-11(2,3)16-10(15)14-7-9(8-14)6-12(4,5)13/h9H,6-8,13H2,1-5H3. The topological polar surface area (TPSA) is 55.6 Å². The fourth-order valence-corrected chi connectivity index (χ4v) is 1.92. The van der Waals surface area contributed by atoms with Gasteiger partial charge in [0.25, 0.3) is 0 Å². The summed E-state index contributed by atoms with van der Waals surface area (Å²) in [5.74, 6) is 0.521. The van der Waals surface area contributed by atoms with Gasteiger partial charge in [-0.25, -0.2) is 4.79 Å². The van der Waals surface area contributed by atoms with Gasteiger partial charge in [-0.2, -0.15) is 0 Å². The van der Waals surface area contributed by atoms with Gasteiger partial charge in [0.1, 0.15) is 5.60 Å². The van der Waals surface area contributed by atoms with Crippen molar-refractivity contribution in [3.63, 3.8) is 0 Å². The second-order valence-corrected chi connectivity index (χ2v) is 6.44. The van der Waals surface area contributed by atoms with E-state index in [0.29, 0.717) is 5.92 Å². The summed E-state index contributed by atoms with van der Waals surface area (Å²) in [5, 5.41) is 0. The molecule has 0 atom stereocenters. The minimum absolute atomic E-state index is 0.148. The van der Waals surface area contributed by atoms with Crippen molar-refractivity contribution in [2.45, 2.75) is 52.2 Å². The van der Waals surface area contributed by atoms with E-state index >= 15 is 0 Å². The minimum atomic E-state index is -0.407. The van der Waals surface area contributed by atoms with Crippen LogP contribution in [0, 0.1) is 5.92 Å². The molecule has 1 rings (SSSR count). The number of nitrogens with two attached hydrogens (primary N) is 1. The highest BCUT2D eigenvalue weighted by Gasteiger charge is 2.35. The molecule has 1 saturated heterocycles. The van der Waals surface area contributed by atoms with Crippen molar-refractivity contribution in [3.8, 4) is 0 Å². The summed E-state index contributed by atoms with van der Waals surface area (Å²) in [7, 11) is 0. The van der Waals surface area contributed by atoms with E-state index in [4.69, 9.17) is 10.5 Å². The molecule has 1 fully saturated rings. The molecule has 0 unspecified atom stereocenters. The van der Waals surface area contributed by atoms with Crippen molar-refractivity contribution in [3.05, 3.63) is 0 Å². The second kappa shape index (κ2) is 4.24. The molecule has 94 valence electrons. The van der Waals surface area contributed by atoms with Crippen LogP contribution in [0.25, 0.3) is 0 Å². The van der Waals surface area contributed by atoms with Gasteiger partial charge in [0.05, 0.1) is 0 Å². The molecule has 2 N–H and O–H groups in total. The van der Waals surface area contributed by atoms with Gasteiger partial charge >= 0.3 is 6.09 Å². The Morgan fingerprint density at radius 2 is 1.81 bits per heavy atom. The first-order valence-corrected chi connectivity index (χ1v) is 5.84. The SMILES string of the molecule is CC(C)(N)CC1CN(C(=O)OC(C)(C)C)C1. The molecule has 0 aromatic heterocycles. The van der Waals surface area contributed by atoms with Crippen LogP contribution in [-0.4, -0.2) is 35.2 Å². The Bertz CT molecular complexity index is 257. The maximum atomic E-state index is 11.6. The van der Waals surface area contributed by atoms with Gasteiger partial charge in [-0.1, -0.05) is 0 Å². The van der Waals surface area contributed by atoms with Gasteiger partial charge in [-0.3, -0.25) is 0 Å². The molecule has 0 aromatic carbocycles. The lowest BCUT2D eigenvalue weighted by Gasteiger charge is -2.42. The van der Waals surface area contributed by atoms with Crippen molar-refractivity contribution in [1.82, 2.24) is 4.90 Å². The van der Waals surface area contributed by atoms with E-state index in [1.54, 1.807) is 4.90 Å². The summed E-state index contributed by atoms with van der Waals surface area (Å²) in [6.07, 6.45) is 0.741. The van der Waals surface area contributed by atoms with Gasteiger partial charge in [0, 0.05) is 18.6 Å². The van der Waals surface area contributed by atoms with Gasteiger partial charge in [0.15, 0.2) is 0 Å². The third-order valence-electron chi connectivity index (χ3n) is 2.42. The van der Waals surface area contributed by atoms with Crippen LogP contribution >= 0.6 is 0 Å². The molecule has 1 aliphatic rings. The first-order valence-electron chi connectivity index (χ1n) is 5.84. The highest BCUT2D eigenvalue weighted by atomic mass is 16.6. The predicted octanol–water partition coefficient (Wildman–Crippen LogP) is 1.98. The zero-order chi connectivity index (χ0) is 12.6. The first kappa shape index (κ1) is 13.3. The van der Waals surface area contributed by atoms with Gasteiger partial charge in [0.2, 0.25) is 0 Å². The van der Waals surface area contributed by atoms with Crippen molar-refractivity contribution < 1.29 is 9.53 Å². The molecule has 1 heterocycles. The number of hydrogen-bond donors (Lipinski definition) is 1. The molecule has 16 heavy (non-hydrogen) atoms. The average molecular weight is 228 g/mol. The highest BCUT2D eigenvalue weighted by Crippen LogP contribution is 2.25. The quantitative estimate of drug-likeness (QED) is 0.786. The minimum Gasteiger partial charge on any atom is -0.444 e. The van der Waals surface area contributed by atoms with E-state index in [0.717, 1.165) is 19.5 Å². The van der Waals surface area contributed by atoms with Crippen LogP contribution in [0.15, 0.2) is 0 Å². The first-order chi connectivity index (χ1) is 7.07. The van der Waals surface area contributed by atoms with Crippen LogP contribution in [0.3, 0.4) is 0 Å². The molecule has 0 saturated carbocycles. The number of ether oxygens (including phenoxy) is 1. The van der Waals surface area contributed by atoms with Crippen LogP contribution in [0.5, 0.6) is 0 Å². The molecule has 0 aromatic rings. The fraction of sp³-hybridized carbons (Fsp3) is 0.917. The number of carbonyl (C=O) groups excluding carboxylic acids is 1. The zero-order valence-corrected chi connectivity index (χ0v) is 11.0. The molecule has 1 amide bonds. The summed E-state index contributed by atoms with van der Waals surface area (Å²) in [6.45, 7) is 11.2. The smallest absolute Gasteiger partial charge is 0.410 e. The van der Waals surface area contributed by atoms with Crippen LogP contribution in [0.2, 0.25) is 0 Å². The summed E-state index contributed by atoms with van der Waals surface area (Å²) in [6, 6.07) is 0. The zero-order valence-electron chi connectivity index (χ0n) is 11.0. The fourth-order valence-electron chi connectivity index (χ4n) is 1.92. The lowest BCUT2D eigenvalue weighted by Crippen LogP contribution is -2.54. The molecule has 0 bridgehead atoms. The molecule has 4 heteroatoms. The monoisotopic (exact) mass is 228 g/mol. The van der Waals surface area contributed by atoms with Crippen LogP contribution in [0.1, 0.15) is 41.0 Å². The van der Waals surface area contributed by atoms with Gasteiger partial charge < -0.3 is 15.4 Å². The van der Waals surface area contributed by atoms with E-state index in [-0.39, 0.29) is 11.6 Å². The van der Waals surface area contributed by atoms with Crippen molar-refractivity contribution in [2.75, 3.05) is 13.1 Å². The third-order valence-corrected chi connectivity index (χ3v) is 2.42. The highest BCUT2D eigenvalue weighted by molar-refractivity contribution is 5.69. The number of carbonyl (C=O) groups is 1. The van der Waals surface area contributed by atoms with Crippen molar-refractivity contribution >= 4 is 6.09 Å². The summed E-state index contributed by atoms with van der Waals surface area (Å²) in [5.41, 5.74) is 5.38. The van der Waals surface area contributed by atoms with E-state index in [9.17, 15) is 4.79 Å². The molecule has 1 aliphatic heterocycles. The Hall–Kier alpha value is -0.770. The van der Waals surface area contributed by atoms with Crippen LogP contribution in [0.4, 0.5) is 4.79 Å². The Morgan fingerprint density at radius 1 is 1.31 bits per heavy atom. The maximum absolute atomic E-state index is 11.6. The average Bonchev–Trinajstić information content (AvgIpc) is 1.89. The third kappa shape index (κ3) is 4.39. The van der Waals surface area contributed by atoms with E-state index < -0.39 is 5.60 Å². The van der Waals surface area contributed by atoms with Gasteiger partial charge in [-0.05, 0) is 47.0 Å². The lowest BCUT2D eigenvalue weighted by molar-refractivity contribution is -0.00467. The molecule has 0 spiro atoms. The Kier molecular flexibility index (Phi) is 3.53. The number of rotatable bonds is 2. The largest absolute Gasteiger partial charge is 0.444 e. The van der Waals surface area contributed by atoms with Crippen LogP contribution < -0.4 is 5.73 Å². The van der Waals surface area contributed by atoms with E-state index in [1.165, 1.54) is 0 Å². The number of amides is 1. The summed E-state index contributed by atoms with van der Waals surface area (Å²) < 4.78 is 5.28. The summed E-state index contributed by atoms with van der Waals surface area (Å²) in [4.78, 5) is 13.4. The molecular formula is C12H24N2O2. The maximum Gasteiger partial charge on any atom is 0.410 e. The number of nitrogens with zero attached hydrogens (tertiary/aromatic N) is 1. The number of likely N-dealkylation sites (tertiary alicyclic amines) is 1. The molecule has 4 nitrogen and oxygen atoms in total. The molecule has 0 aliphatic carbocycles. The second-order valence-electron chi connectivity index (χ2n) is 6.44. The van der Waals surface area contributed by atoms with E-state index in [1.807, 2.05) is 34.6 Å². The Morgan fingerprint density at radius 3 is 2.19 bits per heavy atom. The Balaban J connectivity index is 2.28. The lowest BCUT2D eigenvalue weighted by atomic mass is 9.87. The molecule has 0 radical (unpaired) electrons. The molecular weight excluding hydrogens is 204 g/mol. The Labute approximate surface area is 98.1 Å². The normalized spacial score (nSPS) is 18.2. The van der Waals surface area contributed by atoms with Crippen molar-refractivity contribution in [1.29, 1.82) is 0 Å². The van der Waals surface area contributed by atoms with Crippen LogP contribution in [-0.2, 0) is 4.74 Å². The predicted molar refractivity (Wildman–Crippen MR) is 64.2 cm³/mol. The van der Waals surface area contributed by atoms with Crippen molar-refractivity contribution in [2.24, 2.45) is 11.7 Å². The van der Waals surface area contributed by atoms with Gasteiger partial charge in [-0.15, -0.1) is 0 Å². The van der Waals surface area contributed by atoms with E-state index in [2.05, 4.69) is 0 Å². The number of hydrogen-bond acceptors (Lipinski definition) is 3.